The average molecular weight is 366 g/mol. The monoisotopic (exact) mass is 365 g/mol. The summed E-state index contributed by atoms with van der Waals surface area (Å²) in [6.45, 7) is 2.67. The summed E-state index contributed by atoms with van der Waals surface area (Å²) >= 11 is 7.53. The third-order valence-electron chi connectivity index (χ3n) is 3.51. The van der Waals surface area contributed by atoms with Crippen LogP contribution in [0.1, 0.15) is 12.5 Å². The van der Waals surface area contributed by atoms with Crippen LogP contribution < -0.4 is 0 Å². The second-order valence-corrected chi connectivity index (χ2v) is 6.43. The summed E-state index contributed by atoms with van der Waals surface area (Å²) in [5.41, 5.74) is 1.63. The van der Waals surface area contributed by atoms with Crippen molar-refractivity contribution in [2.45, 2.75) is 24.4 Å². The maximum Gasteiger partial charge on any atom is 0.191 e. The molecule has 0 unspecified atom stereocenters. The summed E-state index contributed by atoms with van der Waals surface area (Å²) in [5, 5.41) is 9.55. The van der Waals surface area contributed by atoms with E-state index in [0.29, 0.717) is 23.1 Å². The molecule has 0 aliphatic carbocycles. The van der Waals surface area contributed by atoms with Crippen LogP contribution in [0.3, 0.4) is 0 Å². The topological polar surface area (TPSA) is 30.7 Å². The number of nitrogens with zero attached hydrogens (tertiary/aromatic N) is 3. The minimum absolute atomic E-state index is 0.290. The molecule has 3 aromatic rings. The molecule has 0 spiro atoms. The maximum atomic E-state index is 13.1. The van der Waals surface area contributed by atoms with Crippen molar-refractivity contribution in [3.63, 3.8) is 0 Å². The minimum Gasteiger partial charge on any atom is -0.302 e. The summed E-state index contributed by atoms with van der Waals surface area (Å²) in [6, 6.07) is 10.5. The largest absolute Gasteiger partial charge is 0.302 e. The third kappa shape index (κ3) is 3.60. The number of hydrogen-bond acceptors (Lipinski definition) is 3. The Bertz CT molecular complexity index is 850. The Kier molecular flexibility index (Phi) is 5.16. The highest BCUT2D eigenvalue weighted by Crippen LogP contribution is 2.29. The van der Waals surface area contributed by atoms with E-state index < -0.39 is 0 Å². The van der Waals surface area contributed by atoms with Gasteiger partial charge in [0.05, 0.1) is 0 Å². The Labute approximate surface area is 147 Å². The molecule has 0 fully saturated rings. The zero-order valence-corrected chi connectivity index (χ0v) is 14.4. The summed E-state index contributed by atoms with van der Waals surface area (Å²) in [7, 11) is 0. The average Bonchev–Trinajstić information content (AvgIpc) is 2.97. The first-order valence-electron chi connectivity index (χ1n) is 7.34. The molecule has 1 aromatic heterocycles. The molecule has 24 heavy (non-hydrogen) atoms. The fourth-order valence-electron chi connectivity index (χ4n) is 2.27. The Hall–Kier alpha value is -1.92. The van der Waals surface area contributed by atoms with Crippen molar-refractivity contribution < 1.29 is 8.78 Å². The molecule has 0 radical (unpaired) electrons. The first-order valence-corrected chi connectivity index (χ1v) is 8.70. The Morgan fingerprint density at radius 3 is 2.42 bits per heavy atom. The van der Waals surface area contributed by atoms with Gasteiger partial charge in [-0.05, 0) is 48.9 Å². The second-order valence-electron chi connectivity index (χ2n) is 5.08. The van der Waals surface area contributed by atoms with Crippen LogP contribution in [0.15, 0.2) is 47.6 Å². The van der Waals surface area contributed by atoms with Crippen LogP contribution in [-0.2, 0) is 12.3 Å². The third-order valence-corrected chi connectivity index (χ3v) is 4.87. The molecular formula is C17H14ClF2N3S. The minimum atomic E-state index is -0.357. The van der Waals surface area contributed by atoms with Gasteiger partial charge in [-0.25, -0.2) is 8.78 Å². The fourth-order valence-corrected chi connectivity index (χ4v) is 3.59. The number of aromatic nitrogens is 3. The van der Waals surface area contributed by atoms with Crippen molar-refractivity contribution in [3.8, 4) is 11.4 Å². The van der Waals surface area contributed by atoms with Crippen molar-refractivity contribution >= 4 is 23.4 Å². The Morgan fingerprint density at radius 1 is 1.04 bits per heavy atom. The molecule has 0 N–H and O–H groups in total. The highest BCUT2D eigenvalue weighted by atomic mass is 35.5. The molecule has 1 heterocycles. The molecule has 124 valence electrons. The van der Waals surface area contributed by atoms with Gasteiger partial charge in [0.1, 0.15) is 11.6 Å². The molecule has 0 aliphatic heterocycles. The van der Waals surface area contributed by atoms with E-state index in [1.807, 2.05) is 11.5 Å². The molecule has 3 nitrogen and oxygen atoms in total. The lowest BCUT2D eigenvalue weighted by molar-refractivity contribution is 0.627. The standard InChI is InChI=1S/C17H14ClF2N3S/c1-2-23-16(11-3-6-13(19)7-4-11)21-22-17(23)24-10-12-5-8-14(20)9-15(12)18/h3-9H,2,10H2,1H3. The van der Waals surface area contributed by atoms with E-state index in [1.54, 1.807) is 18.2 Å². The molecule has 2 aromatic carbocycles. The van der Waals surface area contributed by atoms with Crippen LogP contribution in [0.5, 0.6) is 0 Å². The summed E-state index contributed by atoms with van der Waals surface area (Å²) in [6.07, 6.45) is 0. The number of benzene rings is 2. The van der Waals surface area contributed by atoms with Gasteiger partial charge in [-0.15, -0.1) is 10.2 Å². The lowest BCUT2D eigenvalue weighted by atomic mass is 10.2. The van der Waals surface area contributed by atoms with Crippen molar-refractivity contribution in [2.75, 3.05) is 0 Å². The van der Waals surface area contributed by atoms with E-state index in [1.165, 1.54) is 36.0 Å². The van der Waals surface area contributed by atoms with Crippen LogP contribution in [-0.4, -0.2) is 14.8 Å². The normalized spacial score (nSPS) is 11.0. The molecule has 0 aliphatic rings. The van der Waals surface area contributed by atoms with Crippen LogP contribution in [0.2, 0.25) is 5.02 Å². The van der Waals surface area contributed by atoms with Gasteiger partial charge in [-0.3, -0.25) is 0 Å². The molecule has 0 atom stereocenters. The summed E-state index contributed by atoms with van der Waals surface area (Å²) in [4.78, 5) is 0. The van der Waals surface area contributed by atoms with Crippen LogP contribution in [0, 0.1) is 11.6 Å². The predicted molar refractivity (Wildman–Crippen MR) is 92.1 cm³/mol. The highest BCUT2D eigenvalue weighted by molar-refractivity contribution is 7.98. The first-order chi connectivity index (χ1) is 11.6. The number of halogens is 3. The van der Waals surface area contributed by atoms with Crippen LogP contribution >= 0.6 is 23.4 Å². The van der Waals surface area contributed by atoms with Crippen molar-refractivity contribution in [1.29, 1.82) is 0 Å². The van der Waals surface area contributed by atoms with Crippen molar-refractivity contribution in [2.24, 2.45) is 0 Å². The Balaban J connectivity index is 1.83. The Morgan fingerprint density at radius 2 is 1.75 bits per heavy atom. The van der Waals surface area contributed by atoms with Gasteiger partial charge in [0, 0.05) is 22.9 Å². The van der Waals surface area contributed by atoms with E-state index >= 15 is 0 Å². The lowest BCUT2D eigenvalue weighted by Crippen LogP contribution is -2.00. The highest BCUT2D eigenvalue weighted by Gasteiger charge is 2.14. The first kappa shape index (κ1) is 16.9. The van der Waals surface area contributed by atoms with E-state index in [2.05, 4.69) is 10.2 Å². The predicted octanol–water partition coefficient (Wildman–Crippen LogP) is 5.19. The van der Waals surface area contributed by atoms with Crippen LogP contribution in [0.4, 0.5) is 8.78 Å². The van der Waals surface area contributed by atoms with Gasteiger partial charge in [-0.1, -0.05) is 29.4 Å². The molecule has 0 saturated carbocycles. The van der Waals surface area contributed by atoms with E-state index in [4.69, 9.17) is 11.6 Å². The SMILES string of the molecule is CCn1c(SCc2ccc(F)cc2Cl)nnc1-c1ccc(F)cc1. The number of hydrogen-bond donors (Lipinski definition) is 0. The van der Waals surface area contributed by atoms with Crippen molar-refractivity contribution in [1.82, 2.24) is 14.8 Å². The second kappa shape index (κ2) is 7.32. The molecule has 7 heteroatoms. The van der Waals surface area contributed by atoms with E-state index in [9.17, 15) is 8.78 Å². The van der Waals surface area contributed by atoms with Crippen molar-refractivity contribution in [3.05, 3.63) is 64.7 Å². The molecule has 3 rings (SSSR count). The van der Waals surface area contributed by atoms with Gasteiger partial charge < -0.3 is 4.57 Å². The molecule has 0 amide bonds. The van der Waals surface area contributed by atoms with Gasteiger partial charge >= 0.3 is 0 Å². The summed E-state index contributed by atoms with van der Waals surface area (Å²) < 4.78 is 28.1. The maximum absolute atomic E-state index is 13.1. The number of rotatable bonds is 5. The quantitative estimate of drug-likeness (QED) is 0.583. The van der Waals surface area contributed by atoms with E-state index in [-0.39, 0.29) is 11.6 Å². The molecule has 0 bridgehead atoms. The molecular weight excluding hydrogens is 352 g/mol. The zero-order valence-electron chi connectivity index (χ0n) is 12.8. The van der Waals surface area contributed by atoms with Gasteiger partial charge in [0.25, 0.3) is 0 Å². The van der Waals surface area contributed by atoms with Crippen LogP contribution in [0.25, 0.3) is 11.4 Å². The lowest BCUT2D eigenvalue weighted by Gasteiger charge is -2.08. The number of thioether (sulfide) groups is 1. The summed E-state index contributed by atoms with van der Waals surface area (Å²) in [5.74, 6) is 0.594. The van der Waals surface area contributed by atoms with Gasteiger partial charge in [-0.2, -0.15) is 0 Å². The van der Waals surface area contributed by atoms with Gasteiger partial charge in [0.2, 0.25) is 0 Å². The fraction of sp³-hybridized carbons (Fsp3) is 0.176. The zero-order chi connectivity index (χ0) is 17.1. The smallest absolute Gasteiger partial charge is 0.191 e. The van der Waals surface area contributed by atoms with Gasteiger partial charge in [0.15, 0.2) is 11.0 Å². The molecule has 0 saturated heterocycles. The van der Waals surface area contributed by atoms with E-state index in [0.717, 1.165) is 16.3 Å².